The zero-order valence-electron chi connectivity index (χ0n) is 15.9. The van der Waals surface area contributed by atoms with Crippen LogP contribution in [0.1, 0.15) is 39.9 Å². The Morgan fingerprint density at radius 1 is 1.03 bits per heavy atom. The molecule has 3 aromatic rings. The predicted molar refractivity (Wildman–Crippen MR) is 108 cm³/mol. The van der Waals surface area contributed by atoms with Gasteiger partial charge in [0, 0.05) is 29.9 Å². The van der Waals surface area contributed by atoms with Crippen molar-refractivity contribution in [3.63, 3.8) is 0 Å². The van der Waals surface area contributed by atoms with Crippen molar-refractivity contribution in [1.82, 2.24) is 14.9 Å². The number of primary amides is 1. The van der Waals surface area contributed by atoms with Gasteiger partial charge in [-0.3, -0.25) is 9.69 Å². The lowest BCUT2D eigenvalue weighted by Gasteiger charge is -2.39. The molecule has 1 fully saturated rings. The summed E-state index contributed by atoms with van der Waals surface area (Å²) in [4.78, 5) is 22.4. The number of fused-ring (bicyclic) bond motifs is 2. The Balaban J connectivity index is 1.60. The number of amides is 1. The molecule has 6 rings (SSSR count). The lowest BCUT2D eigenvalue weighted by molar-refractivity contribution is 0.0999. The Hall–Kier alpha value is -3.12. The molecule has 3 aliphatic heterocycles. The number of carbonyl (C=O) groups excluding carboxylic acids is 1. The summed E-state index contributed by atoms with van der Waals surface area (Å²) in [7, 11) is 0. The van der Waals surface area contributed by atoms with Crippen LogP contribution in [-0.4, -0.2) is 33.9 Å². The van der Waals surface area contributed by atoms with Gasteiger partial charge in [0.25, 0.3) is 5.91 Å². The molecule has 0 saturated carbocycles. The van der Waals surface area contributed by atoms with Crippen molar-refractivity contribution in [3.8, 4) is 11.4 Å². The normalized spacial score (nSPS) is 22.7. The summed E-state index contributed by atoms with van der Waals surface area (Å²) < 4.78 is 13.5. The van der Waals surface area contributed by atoms with E-state index in [-0.39, 0.29) is 11.2 Å². The van der Waals surface area contributed by atoms with E-state index in [1.807, 2.05) is 18.2 Å². The first kappa shape index (κ1) is 17.9. The molecule has 1 aromatic heterocycles. The number of nitrogens with two attached hydrogens (primary N) is 1. The second-order valence-electron chi connectivity index (χ2n) is 7.90. The van der Waals surface area contributed by atoms with Crippen LogP contribution in [0.4, 0.5) is 4.39 Å². The van der Waals surface area contributed by atoms with E-state index in [0.29, 0.717) is 11.4 Å². The first-order chi connectivity index (χ1) is 14.0. The SMILES string of the molecule is NC(=O)c1cnc(-c2ccc3c(c2)CN2CCC3(c3ccc(F)cc3)CC2)nc1. The first-order valence-electron chi connectivity index (χ1n) is 9.79. The molecular formula is C23H21FN4O. The lowest BCUT2D eigenvalue weighted by atomic mass is 9.68. The number of benzene rings is 2. The van der Waals surface area contributed by atoms with E-state index in [0.717, 1.165) is 38.0 Å². The van der Waals surface area contributed by atoms with E-state index in [1.165, 1.54) is 29.1 Å². The van der Waals surface area contributed by atoms with Crippen LogP contribution in [0, 0.1) is 5.82 Å². The third-order valence-electron chi connectivity index (χ3n) is 6.32. The van der Waals surface area contributed by atoms with Crippen LogP contribution in [0.5, 0.6) is 0 Å². The van der Waals surface area contributed by atoms with Crippen LogP contribution in [0.3, 0.4) is 0 Å². The summed E-state index contributed by atoms with van der Waals surface area (Å²) in [6, 6.07) is 13.3. The number of carbonyl (C=O) groups is 1. The van der Waals surface area contributed by atoms with Gasteiger partial charge in [-0.15, -0.1) is 0 Å². The van der Waals surface area contributed by atoms with Crippen molar-refractivity contribution in [3.05, 3.63) is 82.9 Å². The fourth-order valence-corrected chi connectivity index (χ4v) is 4.75. The van der Waals surface area contributed by atoms with Crippen LogP contribution >= 0.6 is 0 Å². The highest BCUT2D eigenvalue weighted by Gasteiger charge is 2.42. The van der Waals surface area contributed by atoms with Crippen LogP contribution < -0.4 is 5.73 Å². The lowest BCUT2D eigenvalue weighted by Crippen LogP contribution is -2.39. The van der Waals surface area contributed by atoms with Crippen LogP contribution in [-0.2, 0) is 12.0 Å². The Kier molecular flexibility index (Phi) is 4.17. The molecular weight excluding hydrogens is 367 g/mol. The van der Waals surface area contributed by atoms with Crippen molar-refractivity contribution >= 4 is 5.91 Å². The number of rotatable bonds is 3. The van der Waals surface area contributed by atoms with Crippen LogP contribution in [0.25, 0.3) is 11.4 Å². The van der Waals surface area contributed by atoms with E-state index in [2.05, 4.69) is 27.0 Å². The molecule has 2 N–H and O–H groups in total. The maximum atomic E-state index is 13.5. The molecule has 0 atom stereocenters. The van der Waals surface area contributed by atoms with E-state index in [4.69, 9.17) is 5.73 Å². The van der Waals surface area contributed by atoms with Gasteiger partial charge in [0.05, 0.1) is 5.56 Å². The van der Waals surface area contributed by atoms with Crippen molar-refractivity contribution in [1.29, 1.82) is 0 Å². The van der Waals surface area contributed by atoms with Gasteiger partial charge in [0.1, 0.15) is 5.82 Å². The van der Waals surface area contributed by atoms with E-state index < -0.39 is 5.91 Å². The van der Waals surface area contributed by atoms with Gasteiger partial charge >= 0.3 is 0 Å². The number of aromatic nitrogens is 2. The standard InChI is InChI=1S/C23H21FN4O/c24-19-4-2-18(3-5-19)23-7-9-28(10-8-23)14-16-11-15(1-6-20(16)23)22-26-12-17(13-27-22)21(25)29/h1-6,11-13H,7-10,14H2,(H2,25,29). The maximum Gasteiger partial charge on any atom is 0.251 e. The zero-order chi connectivity index (χ0) is 20.0. The number of piperidine rings is 1. The summed E-state index contributed by atoms with van der Waals surface area (Å²) in [6.07, 6.45) is 4.97. The molecule has 29 heavy (non-hydrogen) atoms. The van der Waals surface area contributed by atoms with Crippen molar-refractivity contribution < 1.29 is 9.18 Å². The number of hydrogen-bond acceptors (Lipinski definition) is 4. The molecule has 0 aliphatic carbocycles. The Morgan fingerprint density at radius 3 is 2.38 bits per heavy atom. The topological polar surface area (TPSA) is 72.1 Å². The molecule has 1 saturated heterocycles. The molecule has 3 aliphatic rings. The number of hydrogen-bond donors (Lipinski definition) is 1. The molecule has 0 spiro atoms. The van der Waals surface area contributed by atoms with E-state index in [1.54, 1.807) is 12.1 Å². The van der Waals surface area contributed by atoms with Crippen LogP contribution in [0.15, 0.2) is 54.9 Å². The summed E-state index contributed by atoms with van der Waals surface area (Å²) >= 11 is 0. The minimum Gasteiger partial charge on any atom is -0.366 e. The maximum absolute atomic E-state index is 13.5. The summed E-state index contributed by atoms with van der Waals surface area (Å²) in [5.41, 5.74) is 10.1. The fourth-order valence-electron chi connectivity index (χ4n) is 4.75. The average Bonchev–Trinajstić information content (AvgIpc) is 3.00. The minimum absolute atomic E-state index is 0.0920. The largest absolute Gasteiger partial charge is 0.366 e. The first-order valence-corrected chi connectivity index (χ1v) is 9.79. The Labute approximate surface area is 168 Å². The van der Waals surface area contributed by atoms with Crippen molar-refractivity contribution in [2.75, 3.05) is 13.1 Å². The van der Waals surface area contributed by atoms with Gasteiger partial charge in [-0.25, -0.2) is 14.4 Å². The smallest absolute Gasteiger partial charge is 0.251 e. The molecule has 146 valence electrons. The van der Waals surface area contributed by atoms with Gasteiger partial charge in [0.15, 0.2) is 5.82 Å². The highest BCUT2D eigenvalue weighted by Crippen LogP contribution is 2.46. The molecule has 0 unspecified atom stereocenters. The third-order valence-corrected chi connectivity index (χ3v) is 6.32. The third kappa shape index (κ3) is 3.00. The summed E-state index contributed by atoms with van der Waals surface area (Å²) in [6.45, 7) is 2.92. The minimum atomic E-state index is -0.538. The van der Waals surface area contributed by atoms with Gasteiger partial charge < -0.3 is 5.73 Å². The molecule has 6 heteroatoms. The van der Waals surface area contributed by atoms with E-state index in [9.17, 15) is 9.18 Å². The highest BCUT2D eigenvalue weighted by molar-refractivity contribution is 5.92. The Morgan fingerprint density at radius 2 is 1.72 bits per heavy atom. The second kappa shape index (κ2) is 6.74. The molecule has 1 amide bonds. The monoisotopic (exact) mass is 388 g/mol. The molecule has 2 aromatic carbocycles. The van der Waals surface area contributed by atoms with Gasteiger partial charge in [-0.2, -0.15) is 0 Å². The quantitative estimate of drug-likeness (QED) is 0.747. The average molecular weight is 388 g/mol. The number of nitrogens with zero attached hydrogens (tertiary/aromatic N) is 3. The summed E-state index contributed by atoms with van der Waals surface area (Å²) in [5.74, 6) is -0.173. The molecule has 5 nitrogen and oxygen atoms in total. The fraction of sp³-hybridized carbons (Fsp3) is 0.261. The van der Waals surface area contributed by atoms with Gasteiger partial charge in [-0.1, -0.05) is 24.3 Å². The van der Waals surface area contributed by atoms with Gasteiger partial charge in [0.2, 0.25) is 0 Å². The summed E-state index contributed by atoms with van der Waals surface area (Å²) in [5, 5.41) is 0. The van der Waals surface area contributed by atoms with Crippen LogP contribution in [0.2, 0.25) is 0 Å². The zero-order valence-corrected chi connectivity index (χ0v) is 15.9. The number of halogens is 1. The van der Waals surface area contributed by atoms with Crippen molar-refractivity contribution in [2.45, 2.75) is 24.8 Å². The Bertz CT molecular complexity index is 1070. The molecule has 2 bridgehead atoms. The highest BCUT2D eigenvalue weighted by atomic mass is 19.1. The molecule has 4 heterocycles. The van der Waals surface area contributed by atoms with Crippen molar-refractivity contribution in [2.24, 2.45) is 5.73 Å². The predicted octanol–water partition coefficient (Wildman–Crippen LogP) is 3.28. The van der Waals surface area contributed by atoms with Gasteiger partial charge in [-0.05, 0) is 60.8 Å². The molecule has 0 radical (unpaired) electrons. The van der Waals surface area contributed by atoms with E-state index >= 15 is 0 Å². The second-order valence-corrected chi connectivity index (χ2v) is 7.90.